The topological polar surface area (TPSA) is 66.4 Å². The Morgan fingerprint density at radius 1 is 1.27 bits per heavy atom. The standard InChI is InChI=1S/C9H19NO4S/c1-5-10(6-2,7-3)15(12,13)8-9(11)14-4/h8H,5-7H2,1-4H3/b9-8+. The Hall–Kier alpha value is -0.750. The van der Waals surface area contributed by atoms with Gasteiger partial charge < -0.3 is 9.84 Å². The molecule has 0 N–H and O–H groups in total. The van der Waals surface area contributed by atoms with E-state index in [-0.39, 0.29) is 3.89 Å². The number of rotatable bonds is 6. The Balaban J connectivity index is 5.33. The van der Waals surface area contributed by atoms with Crippen molar-refractivity contribution in [2.24, 2.45) is 0 Å². The highest BCUT2D eigenvalue weighted by atomic mass is 32.2. The van der Waals surface area contributed by atoms with E-state index < -0.39 is 16.0 Å². The molecule has 0 aliphatic heterocycles. The monoisotopic (exact) mass is 237 g/mol. The van der Waals surface area contributed by atoms with Crippen molar-refractivity contribution in [3.63, 3.8) is 0 Å². The molecule has 0 saturated heterocycles. The van der Waals surface area contributed by atoms with Crippen LogP contribution >= 0.6 is 0 Å². The Bertz CT molecular complexity index is 309. The van der Waals surface area contributed by atoms with E-state index >= 15 is 0 Å². The molecular formula is C9H19NO4S. The minimum absolute atomic E-state index is 0.123. The highest BCUT2D eigenvalue weighted by Gasteiger charge is 2.35. The maximum atomic E-state index is 11.9. The van der Waals surface area contributed by atoms with Crippen LogP contribution in [0.1, 0.15) is 20.8 Å². The van der Waals surface area contributed by atoms with E-state index in [1.165, 1.54) is 0 Å². The molecule has 90 valence electrons. The van der Waals surface area contributed by atoms with Crippen molar-refractivity contribution in [1.82, 2.24) is 0 Å². The first-order valence-electron chi connectivity index (χ1n) is 4.93. The van der Waals surface area contributed by atoms with E-state index in [2.05, 4.69) is 4.74 Å². The first-order valence-corrected chi connectivity index (χ1v) is 6.43. The van der Waals surface area contributed by atoms with Crippen molar-refractivity contribution < 1.29 is 22.1 Å². The lowest BCUT2D eigenvalue weighted by molar-refractivity contribution is -0.799. The number of hydrogen-bond donors (Lipinski definition) is 0. The van der Waals surface area contributed by atoms with Gasteiger partial charge in [-0.05, 0) is 27.9 Å². The summed E-state index contributed by atoms with van der Waals surface area (Å²) in [6, 6.07) is 0. The minimum atomic E-state index is -3.61. The van der Waals surface area contributed by atoms with Crippen molar-refractivity contribution in [1.29, 1.82) is 0 Å². The van der Waals surface area contributed by atoms with Crippen LogP contribution in [0.2, 0.25) is 0 Å². The number of quaternary nitrogens is 1. The molecule has 0 fully saturated rings. The molecular weight excluding hydrogens is 218 g/mol. The molecule has 0 aromatic heterocycles. The Labute approximate surface area is 91.6 Å². The summed E-state index contributed by atoms with van der Waals surface area (Å²) >= 11 is 0. The first kappa shape index (κ1) is 14.2. The molecule has 15 heavy (non-hydrogen) atoms. The van der Waals surface area contributed by atoms with E-state index in [1.54, 1.807) is 20.8 Å². The normalized spacial score (nSPS) is 14.0. The highest BCUT2D eigenvalue weighted by molar-refractivity contribution is 7.88. The zero-order valence-corrected chi connectivity index (χ0v) is 10.5. The summed E-state index contributed by atoms with van der Waals surface area (Å²) in [6.45, 7) is 6.66. The number of hydrogen-bond acceptors (Lipinski definition) is 4. The summed E-state index contributed by atoms with van der Waals surface area (Å²) in [5.41, 5.74) is 0. The van der Waals surface area contributed by atoms with E-state index in [0.29, 0.717) is 25.0 Å². The van der Waals surface area contributed by atoms with Crippen LogP contribution in [0, 0.1) is 0 Å². The molecule has 0 atom stereocenters. The maximum Gasteiger partial charge on any atom is 0.322 e. The van der Waals surface area contributed by atoms with Gasteiger partial charge in [-0.2, -0.15) is 8.42 Å². The Kier molecular flexibility index (Phi) is 5.10. The van der Waals surface area contributed by atoms with Gasteiger partial charge in [0.2, 0.25) is 0 Å². The number of methoxy groups -OCH3 is 1. The third-order valence-electron chi connectivity index (χ3n) is 2.72. The van der Waals surface area contributed by atoms with Gasteiger partial charge in [0.1, 0.15) is 5.41 Å². The molecule has 0 aliphatic rings. The van der Waals surface area contributed by atoms with Crippen LogP contribution in [0.15, 0.2) is 11.4 Å². The second-order valence-corrected chi connectivity index (χ2v) is 5.20. The fraction of sp³-hybridized carbons (Fsp3) is 0.778. The van der Waals surface area contributed by atoms with Crippen LogP contribution in [-0.4, -0.2) is 39.1 Å². The zero-order chi connectivity index (χ0) is 12.1. The number of nitrogens with zero attached hydrogens (tertiary/aromatic N) is 1. The van der Waals surface area contributed by atoms with Gasteiger partial charge in [-0.15, -0.1) is 0 Å². The summed E-state index contributed by atoms with van der Waals surface area (Å²) in [7, 11) is -2.45. The first-order chi connectivity index (χ1) is 6.89. The lowest BCUT2D eigenvalue weighted by Crippen LogP contribution is -2.51. The van der Waals surface area contributed by atoms with Gasteiger partial charge in [0.25, 0.3) is 0 Å². The van der Waals surface area contributed by atoms with Crippen molar-refractivity contribution in [2.45, 2.75) is 20.8 Å². The summed E-state index contributed by atoms with van der Waals surface area (Å²) < 4.78 is 28.1. The van der Waals surface area contributed by atoms with E-state index in [4.69, 9.17) is 0 Å². The van der Waals surface area contributed by atoms with E-state index in [0.717, 1.165) is 7.11 Å². The average molecular weight is 237 g/mol. The molecule has 0 aromatic carbocycles. The van der Waals surface area contributed by atoms with Crippen molar-refractivity contribution in [2.75, 3.05) is 26.7 Å². The third kappa shape index (κ3) is 2.85. The summed E-state index contributed by atoms with van der Waals surface area (Å²) in [6.07, 6.45) is 0. The summed E-state index contributed by atoms with van der Waals surface area (Å²) in [5.74, 6) is -0.826. The van der Waals surface area contributed by atoms with Gasteiger partial charge in [-0.25, -0.2) is 3.89 Å². The molecule has 0 heterocycles. The van der Waals surface area contributed by atoms with Crippen LogP contribution < -0.4 is 5.11 Å². The van der Waals surface area contributed by atoms with Gasteiger partial charge in [-0.3, -0.25) is 0 Å². The van der Waals surface area contributed by atoms with Gasteiger partial charge in [0.15, 0.2) is 0 Å². The second-order valence-electron chi connectivity index (χ2n) is 3.16. The second kappa shape index (κ2) is 5.37. The number of ether oxygens (including phenoxy) is 1. The SMILES string of the molecule is CC[N+](CC)(CC)S(=O)(=O)/C=C(\[O-])OC. The zero-order valence-electron chi connectivity index (χ0n) is 9.69. The molecule has 0 spiro atoms. The molecule has 0 unspecified atom stereocenters. The largest absolute Gasteiger partial charge is 0.616 e. The number of sulfonamides is 1. The predicted octanol–water partition coefficient (Wildman–Crippen LogP) is -0.00170. The minimum Gasteiger partial charge on any atom is -0.616 e. The summed E-state index contributed by atoms with van der Waals surface area (Å²) in [5, 5.41) is 11.6. The predicted molar refractivity (Wildman–Crippen MR) is 55.9 cm³/mol. The molecule has 0 rings (SSSR count). The fourth-order valence-electron chi connectivity index (χ4n) is 1.49. The lowest BCUT2D eigenvalue weighted by atomic mass is 10.5. The quantitative estimate of drug-likeness (QED) is 0.482. The van der Waals surface area contributed by atoms with E-state index in [9.17, 15) is 13.5 Å². The smallest absolute Gasteiger partial charge is 0.322 e. The van der Waals surface area contributed by atoms with Crippen molar-refractivity contribution in [3.8, 4) is 0 Å². The van der Waals surface area contributed by atoms with Crippen molar-refractivity contribution >= 4 is 10.0 Å². The Morgan fingerprint density at radius 3 is 1.93 bits per heavy atom. The third-order valence-corrected chi connectivity index (χ3v) is 5.06. The van der Waals surface area contributed by atoms with Crippen LogP contribution in [-0.2, 0) is 14.8 Å². The Morgan fingerprint density at radius 2 is 1.67 bits per heavy atom. The molecule has 0 aromatic rings. The van der Waals surface area contributed by atoms with Crippen LogP contribution in [0.25, 0.3) is 0 Å². The van der Waals surface area contributed by atoms with Crippen molar-refractivity contribution in [3.05, 3.63) is 11.4 Å². The molecule has 0 amide bonds. The van der Waals surface area contributed by atoms with Crippen LogP contribution in [0.5, 0.6) is 0 Å². The van der Waals surface area contributed by atoms with Gasteiger partial charge in [-0.1, -0.05) is 0 Å². The van der Waals surface area contributed by atoms with Gasteiger partial charge in [0, 0.05) is 0 Å². The fourth-order valence-corrected chi connectivity index (χ4v) is 3.13. The van der Waals surface area contributed by atoms with Crippen LogP contribution in [0.4, 0.5) is 0 Å². The molecule has 0 aliphatic carbocycles. The molecule has 6 heteroatoms. The molecule has 0 radical (unpaired) electrons. The molecule has 0 bridgehead atoms. The summed E-state index contributed by atoms with van der Waals surface area (Å²) in [4.78, 5) is 0. The highest BCUT2D eigenvalue weighted by Crippen LogP contribution is 2.17. The molecule has 5 nitrogen and oxygen atoms in total. The molecule has 0 saturated carbocycles. The van der Waals surface area contributed by atoms with Gasteiger partial charge >= 0.3 is 10.0 Å². The lowest BCUT2D eigenvalue weighted by Gasteiger charge is -2.32. The van der Waals surface area contributed by atoms with E-state index in [1.807, 2.05) is 0 Å². The average Bonchev–Trinajstić information content (AvgIpc) is 2.20. The maximum absolute atomic E-state index is 11.9. The van der Waals surface area contributed by atoms with Crippen LogP contribution in [0.3, 0.4) is 0 Å². The van der Waals surface area contributed by atoms with Gasteiger partial charge in [0.05, 0.1) is 25.6 Å².